The quantitative estimate of drug-likeness (QED) is 0.465. The smallest absolute Gasteiger partial charge is 0.330 e. The fourth-order valence-corrected chi connectivity index (χ4v) is 3.80. The summed E-state index contributed by atoms with van der Waals surface area (Å²) in [7, 11) is -3.87. The first-order chi connectivity index (χ1) is 15.0. The van der Waals surface area contributed by atoms with Crippen LogP contribution in [0, 0.1) is 5.92 Å². The number of fused-ring (bicyclic) bond motifs is 1. The molecule has 1 unspecified atom stereocenters. The number of hydrogen-bond donors (Lipinski definition) is 2. The normalized spacial score (nSPS) is 14.3. The lowest BCUT2D eigenvalue weighted by atomic mass is 10.0. The Hall–Kier alpha value is -3.57. The van der Waals surface area contributed by atoms with Crippen molar-refractivity contribution in [3.05, 3.63) is 59.7 Å². The van der Waals surface area contributed by atoms with E-state index in [1.807, 2.05) is 0 Å². The molecule has 1 heterocycles. The molecule has 1 aliphatic rings. The Bertz CT molecular complexity index is 1160. The van der Waals surface area contributed by atoms with Gasteiger partial charge in [-0.3, -0.25) is 19.3 Å². The number of sulfonamides is 1. The van der Waals surface area contributed by atoms with Crippen LogP contribution in [0.1, 0.15) is 34.6 Å². The minimum Gasteiger partial charge on any atom is -0.454 e. The van der Waals surface area contributed by atoms with Crippen LogP contribution in [-0.4, -0.2) is 49.7 Å². The molecule has 0 aromatic heterocycles. The molecule has 0 saturated heterocycles. The number of benzene rings is 2. The zero-order chi connectivity index (χ0) is 23.6. The Morgan fingerprint density at radius 3 is 2.00 bits per heavy atom. The lowest BCUT2D eigenvalue weighted by Crippen LogP contribution is -2.49. The molecule has 1 aliphatic heterocycles. The molecule has 3 rings (SSSR count). The van der Waals surface area contributed by atoms with Gasteiger partial charge >= 0.3 is 5.97 Å². The SMILES string of the molecule is CC(C)C(C(=O)OCC(=O)Nc1ccc(S(N)(=O)=O)cc1)N1C(=O)c2ccccc2C1=O. The van der Waals surface area contributed by atoms with Gasteiger partial charge in [-0.2, -0.15) is 0 Å². The highest BCUT2D eigenvalue weighted by atomic mass is 32.2. The number of primary sulfonamides is 1. The third-order valence-corrected chi connectivity index (χ3v) is 5.72. The van der Waals surface area contributed by atoms with E-state index < -0.39 is 52.3 Å². The van der Waals surface area contributed by atoms with Gasteiger partial charge in [-0.15, -0.1) is 0 Å². The Labute approximate surface area is 184 Å². The molecule has 2 aromatic rings. The zero-order valence-electron chi connectivity index (χ0n) is 17.3. The van der Waals surface area contributed by atoms with Crippen LogP contribution in [0.4, 0.5) is 5.69 Å². The van der Waals surface area contributed by atoms with Gasteiger partial charge in [0, 0.05) is 5.69 Å². The van der Waals surface area contributed by atoms with Crippen molar-refractivity contribution < 1.29 is 32.3 Å². The maximum atomic E-state index is 12.7. The third-order valence-electron chi connectivity index (χ3n) is 4.79. The zero-order valence-corrected chi connectivity index (χ0v) is 18.1. The van der Waals surface area contributed by atoms with Crippen LogP contribution in [-0.2, 0) is 24.3 Å². The summed E-state index contributed by atoms with van der Waals surface area (Å²) in [5.41, 5.74) is 0.674. The second-order valence-corrected chi connectivity index (χ2v) is 9.00. The van der Waals surface area contributed by atoms with E-state index in [2.05, 4.69) is 5.32 Å². The highest BCUT2D eigenvalue weighted by Gasteiger charge is 2.44. The van der Waals surface area contributed by atoms with Crippen LogP contribution in [0.5, 0.6) is 0 Å². The largest absolute Gasteiger partial charge is 0.454 e. The molecular formula is C21H21N3O7S. The maximum absolute atomic E-state index is 12.7. The van der Waals surface area contributed by atoms with Gasteiger partial charge in [0.1, 0.15) is 6.04 Å². The van der Waals surface area contributed by atoms with Crippen LogP contribution < -0.4 is 10.5 Å². The van der Waals surface area contributed by atoms with E-state index in [0.29, 0.717) is 0 Å². The first-order valence-electron chi connectivity index (χ1n) is 9.57. The highest BCUT2D eigenvalue weighted by molar-refractivity contribution is 7.89. The van der Waals surface area contributed by atoms with Gasteiger partial charge in [0.15, 0.2) is 6.61 Å². The maximum Gasteiger partial charge on any atom is 0.330 e. The van der Waals surface area contributed by atoms with Crippen molar-refractivity contribution >= 4 is 39.4 Å². The molecule has 0 radical (unpaired) electrons. The molecule has 0 fully saturated rings. The molecule has 32 heavy (non-hydrogen) atoms. The summed E-state index contributed by atoms with van der Waals surface area (Å²) >= 11 is 0. The fraction of sp³-hybridized carbons (Fsp3) is 0.238. The summed E-state index contributed by atoms with van der Waals surface area (Å²) in [4.78, 5) is 51.0. The summed E-state index contributed by atoms with van der Waals surface area (Å²) < 4.78 is 27.6. The average Bonchev–Trinajstić information content (AvgIpc) is 2.97. The minimum atomic E-state index is -3.87. The van der Waals surface area contributed by atoms with Gasteiger partial charge < -0.3 is 10.1 Å². The summed E-state index contributed by atoms with van der Waals surface area (Å²) in [5.74, 6) is -3.24. The van der Waals surface area contributed by atoms with Crippen LogP contribution in [0.2, 0.25) is 0 Å². The second-order valence-electron chi connectivity index (χ2n) is 7.44. The fourth-order valence-electron chi connectivity index (χ4n) is 3.28. The van der Waals surface area contributed by atoms with Crippen LogP contribution in [0.15, 0.2) is 53.4 Å². The second kappa shape index (κ2) is 8.89. The molecule has 11 heteroatoms. The number of hydrogen-bond acceptors (Lipinski definition) is 7. The molecule has 0 bridgehead atoms. The minimum absolute atomic E-state index is 0.123. The standard InChI is InChI=1S/C21H21N3O7S/c1-12(2)18(24-19(26)15-5-3-4-6-16(15)20(24)27)21(28)31-11-17(25)23-13-7-9-14(10-8-13)32(22,29)30/h3-10,12,18H,11H2,1-2H3,(H,23,25)(H2,22,29,30). The molecule has 0 aliphatic carbocycles. The average molecular weight is 459 g/mol. The number of rotatable bonds is 7. The van der Waals surface area contributed by atoms with Gasteiger partial charge in [-0.05, 0) is 42.3 Å². The van der Waals surface area contributed by atoms with Crippen LogP contribution >= 0.6 is 0 Å². The number of carbonyl (C=O) groups excluding carboxylic acids is 4. The van der Waals surface area contributed by atoms with Crippen molar-refractivity contribution in [1.29, 1.82) is 0 Å². The molecule has 10 nitrogen and oxygen atoms in total. The Morgan fingerprint density at radius 1 is 1.00 bits per heavy atom. The summed E-state index contributed by atoms with van der Waals surface area (Å²) in [6.07, 6.45) is 0. The van der Waals surface area contributed by atoms with Crippen molar-refractivity contribution in [2.24, 2.45) is 11.1 Å². The molecule has 2 aromatic carbocycles. The Kier molecular flexibility index (Phi) is 6.42. The van der Waals surface area contributed by atoms with Crippen LogP contribution in [0.3, 0.4) is 0 Å². The van der Waals surface area contributed by atoms with Gasteiger partial charge in [-0.1, -0.05) is 26.0 Å². The number of nitrogens with zero attached hydrogens (tertiary/aromatic N) is 1. The van der Waals surface area contributed by atoms with Crippen molar-refractivity contribution in [2.45, 2.75) is 24.8 Å². The first-order valence-corrected chi connectivity index (χ1v) is 11.1. The van der Waals surface area contributed by atoms with Crippen molar-refractivity contribution in [2.75, 3.05) is 11.9 Å². The highest BCUT2D eigenvalue weighted by Crippen LogP contribution is 2.27. The number of nitrogens with one attached hydrogen (secondary N) is 1. The summed E-state index contributed by atoms with van der Waals surface area (Å²) in [6, 6.07) is 10.1. The summed E-state index contributed by atoms with van der Waals surface area (Å²) in [5, 5.41) is 7.46. The van der Waals surface area contributed by atoms with E-state index in [0.717, 1.165) is 4.90 Å². The van der Waals surface area contributed by atoms with E-state index in [4.69, 9.17) is 9.88 Å². The van der Waals surface area contributed by atoms with Crippen LogP contribution in [0.25, 0.3) is 0 Å². The predicted molar refractivity (Wildman–Crippen MR) is 113 cm³/mol. The lowest BCUT2D eigenvalue weighted by Gasteiger charge is -2.27. The monoisotopic (exact) mass is 459 g/mol. The number of anilines is 1. The Morgan fingerprint density at radius 2 is 1.53 bits per heavy atom. The van der Waals surface area contributed by atoms with E-state index in [1.54, 1.807) is 26.0 Å². The Balaban J connectivity index is 1.65. The lowest BCUT2D eigenvalue weighted by molar-refractivity contribution is -0.152. The van der Waals surface area contributed by atoms with Gasteiger partial charge in [0.2, 0.25) is 10.0 Å². The van der Waals surface area contributed by atoms with Crippen molar-refractivity contribution in [1.82, 2.24) is 4.90 Å². The molecule has 1 atom stereocenters. The van der Waals surface area contributed by atoms with E-state index in [-0.39, 0.29) is 21.7 Å². The van der Waals surface area contributed by atoms with E-state index in [9.17, 15) is 27.6 Å². The first kappa shape index (κ1) is 23.1. The number of carbonyl (C=O) groups is 4. The number of imide groups is 1. The molecule has 0 saturated carbocycles. The topological polar surface area (TPSA) is 153 Å². The molecular weight excluding hydrogens is 438 g/mol. The molecule has 3 amide bonds. The van der Waals surface area contributed by atoms with Crippen molar-refractivity contribution in [3.8, 4) is 0 Å². The molecule has 168 valence electrons. The number of amides is 3. The van der Waals surface area contributed by atoms with Crippen molar-refractivity contribution in [3.63, 3.8) is 0 Å². The predicted octanol–water partition coefficient (Wildman–Crippen LogP) is 1.14. The van der Waals surface area contributed by atoms with Gasteiger partial charge in [-0.25, -0.2) is 18.4 Å². The number of esters is 1. The third kappa shape index (κ3) is 4.68. The van der Waals surface area contributed by atoms with E-state index >= 15 is 0 Å². The number of nitrogens with two attached hydrogens (primary N) is 1. The molecule has 0 spiro atoms. The van der Waals surface area contributed by atoms with E-state index in [1.165, 1.54) is 36.4 Å². The van der Waals surface area contributed by atoms with Gasteiger partial charge in [0.05, 0.1) is 16.0 Å². The van der Waals surface area contributed by atoms with Gasteiger partial charge in [0.25, 0.3) is 17.7 Å². The molecule has 3 N–H and O–H groups in total. The summed E-state index contributed by atoms with van der Waals surface area (Å²) in [6.45, 7) is 2.65. The number of ether oxygens (including phenoxy) is 1.